The van der Waals surface area contributed by atoms with Crippen LogP contribution in [-0.2, 0) is 20.8 Å². The van der Waals surface area contributed by atoms with E-state index in [0.717, 1.165) is 24.0 Å². The average molecular weight is 630 g/mol. The number of nitrogens with zero attached hydrogens (tertiary/aromatic N) is 4. The summed E-state index contributed by atoms with van der Waals surface area (Å²) in [7, 11) is 1.92. The Labute approximate surface area is 267 Å². The van der Waals surface area contributed by atoms with Crippen LogP contribution in [0, 0.1) is 12.3 Å². The van der Waals surface area contributed by atoms with Crippen molar-refractivity contribution >= 4 is 46.5 Å². The highest BCUT2D eigenvalue weighted by Gasteiger charge is 2.22. The molecule has 0 bridgehead atoms. The summed E-state index contributed by atoms with van der Waals surface area (Å²) in [5.41, 5.74) is 3.54. The zero-order valence-corrected chi connectivity index (χ0v) is 26.5. The number of aryl methyl sites for hydroxylation is 1. The van der Waals surface area contributed by atoms with Gasteiger partial charge >= 0.3 is 18.2 Å². The molecular formula is C33H39N7O6. The van der Waals surface area contributed by atoms with Crippen molar-refractivity contribution in [2.24, 2.45) is 0 Å². The molecule has 0 aliphatic rings. The largest absolute Gasteiger partial charge is 0.466 e. The molecule has 13 nitrogen and oxygen atoms in total. The fourth-order valence-corrected chi connectivity index (χ4v) is 4.55. The van der Waals surface area contributed by atoms with Gasteiger partial charge in [-0.15, -0.1) is 0 Å². The van der Waals surface area contributed by atoms with E-state index in [9.17, 15) is 14.4 Å². The van der Waals surface area contributed by atoms with Crippen LogP contribution in [0.15, 0.2) is 60.8 Å². The highest BCUT2D eigenvalue weighted by molar-refractivity contribution is 6.04. The summed E-state index contributed by atoms with van der Waals surface area (Å²) in [6, 6.07) is 15.9. The first-order valence-corrected chi connectivity index (χ1v) is 15.1. The molecule has 3 N–H and O–H groups in total. The topological polar surface area (TPSA) is 163 Å². The number of amides is 2. The number of aromatic amines is 1. The number of rotatable bonds is 13. The first kappa shape index (κ1) is 33.4. The molecule has 0 spiro atoms. The maximum Gasteiger partial charge on any atom is 0.420 e. The Hall–Kier alpha value is -5.46. The molecule has 0 atom stereocenters. The van der Waals surface area contributed by atoms with Crippen molar-refractivity contribution in [3.8, 4) is 5.75 Å². The van der Waals surface area contributed by atoms with Crippen molar-refractivity contribution in [3.05, 3.63) is 77.7 Å². The molecule has 4 aromatic rings. The molecule has 0 fully saturated rings. The standard InChI is InChI=1S/C33H39N7O6/c1-5-7-20-45-32(42)38-31(34)23-11-13-24(14-12-23)39(4)21-27-36-25-15-16-26(22(3)30(25)37-27)46-33(43)40(19-17-29(41)44-6-2)28-10-8-9-18-35-28/h8-16,18H,5-7,17,19-21H2,1-4H3,(H,36,37)(H2,34,38,42). The van der Waals surface area contributed by atoms with Crippen molar-refractivity contribution in [1.82, 2.24) is 20.3 Å². The van der Waals surface area contributed by atoms with Crippen LogP contribution in [0.5, 0.6) is 5.75 Å². The second kappa shape index (κ2) is 16.0. The molecule has 0 saturated carbocycles. The number of imidazole rings is 1. The fraction of sp³-hybridized carbons (Fsp3) is 0.333. The van der Waals surface area contributed by atoms with E-state index >= 15 is 0 Å². The smallest absolute Gasteiger partial charge is 0.420 e. The number of fused-ring (bicyclic) bond motifs is 1. The van der Waals surface area contributed by atoms with Gasteiger partial charge in [0.25, 0.3) is 0 Å². The highest BCUT2D eigenvalue weighted by Crippen LogP contribution is 2.28. The summed E-state index contributed by atoms with van der Waals surface area (Å²) in [6.45, 7) is 6.61. The van der Waals surface area contributed by atoms with Crippen molar-refractivity contribution in [1.29, 1.82) is 5.41 Å². The van der Waals surface area contributed by atoms with Gasteiger partial charge in [0, 0.05) is 36.6 Å². The van der Waals surface area contributed by atoms with Crippen molar-refractivity contribution < 1.29 is 28.6 Å². The van der Waals surface area contributed by atoms with Gasteiger partial charge in [-0.05, 0) is 68.8 Å². The molecule has 2 aromatic carbocycles. The highest BCUT2D eigenvalue weighted by atomic mass is 16.6. The first-order valence-electron chi connectivity index (χ1n) is 15.1. The van der Waals surface area contributed by atoms with Gasteiger partial charge < -0.3 is 24.1 Å². The summed E-state index contributed by atoms with van der Waals surface area (Å²) in [5.74, 6) is 0.924. The van der Waals surface area contributed by atoms with Gasteiger partial charge in [0.1, 0.15) is 23.2 Å². The Balaban J connectivity index is 1.42. The molecule has 0 aliphatic heterocycles. The summed E-state index contributed by atoms with van der Waals surface area (Å²) >= 11 is 0. The maximum atomic E-state index is 13.3. The van der Waals surface area contributed by atoms with E-state index in [1.807, 2.05) is 37.9 Å². The summed E-state index contributed by atoms with van der Waals surface area (Å²) < 4.78 is 15.9. The normalized spacial score (nSPS) is 10.7. The van der Waals surface area contributed by atoms with Gasteiger partial charge in [-0.2, -0.15) is 0 Å². The van der Waals surface area contributed by atoms with E-state index < -0.39 is 18.2 Å². The lowest BCUT2D eigenvalue weighted by Crippen LogP contribution is -2.36. The minimum Gasteiger partial charge on any atom is -0.466 e. The van der Waals surface area contributed by atoms with Crippen molar-refractivity contribution in [2.75, 3.05) is 36.6 Å². The first-order chi connectivity index (χ1) is 22.2. The van der Waals surface area contributed by atoms with Crippen LogP contribution in [0.1, 0.15) is 50.1 Å². The molecule has 0 radical (unpaired) electrons. The van der Waals surface area contributed by atoms with Crippen molar-refractivity contribution in [3.63, 3.8) is 0 Å². The number of carbonyl (C=O) groups excluding carboxylic acids is 3. The molecule has 0 unspecified atom stereocenters. The number of anilines is 2. The number of pyridine rings is 1. The quantitative estimate of drug-likeness (QED) is 0.0727. The Morgan fingerprint density at radius 3 is 2.50 bits per heavy atom. The summed E-state index contributed by atoms with van der Waals surface area (Å²) in [4.78, 5) is 52.8. The molecule has 0 aliphatic carbocycles. The molecule has 13 heteroatoms. The number of ether oxygens (including phenoxy) is 3. The van der Waals surface area contributed by atoms with E-state index in [1.54, 1.807) is 55.6 Å². The minimum atomic E-state index is -0.680. The number of benzene rings is 2. The van der Waals surface area contributed by atoms with Crippen LogP contribution in [0.4, 0.5) is 21.1 Å². The van der Waals surface area contributed by atoms with E-state index in [1.165, 1.54) is 4.90 Å². The van der Waals surface area contributed by atoms with Gasteiger partial charge in [0.15, 0.2) is 0 Å². The van der Waals surface area contributed by atoms with Crippen LogP contribution in [0.2, 0.25) is 0 Å². The summed E-state index contributed by atoms with van der Waals surface area (Å²) in [5, 5.41) is 10.6. The second-order valence-corrected chi connectivity index (χ2v) is 10.4. The van der Waals surface area contributed by atoms with E-state index in [-0.39, 0.29) is 25.4 Å². The molecule has 2 heterocycles. The predicted octanol–water partition coefficient (Wildman–Crippen LogP) is 5.71. The number of aromatic nitrogens is 3. The number of hydrogen-bond acceptors (Lipinski definition) is 10. The van der Waals surface area contributed by atoms with E-state index in [4.69, 9.17) is 24.6 Å². The predicted molar refractivity (Wildman–Crippen MR) is 174 cm³/mol. The zero-order chi connectivity index (χ0) is 33.1. The number of hydrogen-bond donors (Lipinski definition) is 3. The third kappa shape index (κ3) is 8.80. The molecule has 2 aromatic heterocycles. The Morgan fingerprint density at radius 1 is 1.02 bits per heavy atom. The average Bonchev–Trinajstić information content (AvgIpc) is 3.46. The number of carbonyl (C=O) groups is 3. The van der Waals surface area contributed by atoms with Gasteiger partial charge in [-0.3, -0.25) is 20.4 Å². The van der Waals surface area contributed by atoms with Crippen LogP contribution in [0.3, 0.4) is 0 Å². The maximum absolute atomic E-state index is 13.3. The lowest BCUT2D eigenvalue weighted by Gasteiger charge is -2.21. The van der Waals surface area contributed by atoms with Crippen LogP contribution in [-0.4, -0.2) is 65.7 Å². The van der Waals surface area contributed by atoms with Crippen molar-refractivity contribution in [2.45, 2.75) is 46.6 Å². The number of nitrogens with one attached hydrogen (secondary N) is 3. The molecule has 46 heavy (non-hydrogen) atoms. The molecule has 4 rings (SSSR count). The summed E-state index contributed by atoms with van der Waals surface area (Å²) in [6.07, 6.45) is 1.91. The van der Waals surface area contributed by atoms with Gasteiger partial charge in [0.2, 0.25) is 0 Å². The SMILES string of the molecule is CCCCOC(=O)NC(=N)c1ccc(N(C)Cc2nc3c(C)c(OC(=O)N(CCC(=O)OCC)c4ccccn4)ccc3[nH]2)cc1. The Kier molecular flexibility index (Phi) is 11.6. The third-order valence-corrected chi connectivity index (χ3v) is 7.04. The fourth-order valence-electron chi connectivity index (χ4n) is 4.55. The van der Waals surface area contributed by atoms with Gasteiger partial charge in [-0.25, -0.2) is 19.6 Å². The third-order valence-electron chi connectivity index (χ3n) is 7.04. The molecule has 242 valence electrons. The number of H-pyrrole nitrogens is 1. The number of esters is 1. The molecule has 0 saturated heterocycles. The van der Waals surface area contributed by atoms with Gasteiger partial charge in [0.05, 0.1) is 37.2 Å². The Morgan fingerprint density at radius 2 is 1.80 bits per heavy atom. The lowest BCUT2D eigenvalue weighted by molar-refractivity contribution is -0.142. The van der Waals surface area contributed by atoms with E-state index in [0.29, 0.717) is 47.2 Å². The van der Waals surface area contributed by atoms with Crippen LogP contribution in [0.25, 0.3) is 11.0 Å². The minimum absolute atomic E-state index is 0.0102. The van der Waals surface area contributed by atoms with E-state index in [2.05, 4.69) is 15.3 Å². The molecule has 2 amide bonds. The number of alkyl carbamates (subject to hydrolysis) is 1. The van der Waals surface area contributed by atoms with Gasteiger partial charge in [-0.1, -0.05) is 19.4 Å². The number of amidine groups is 1. The number of unbranched alkanes of at least 4 members (excludes halogenated alkanes) is 1. The molecular weight excluding hydrogens is 590 g/mol. The van der Waals surface area contributed by atoms with Crippen LogP contribution < -0.4 is 19.9 Å². The van der Waals surface area contributed by atoms with Crippen LogP contribution >= 0.6 is 0 Å². The monoisotopic (exact) mass is 629 g/mol. The Bertz CT molecular complexity index is 1660. The zero-order valence-electron chi connectivity index (χ0n) is 26.5. The second-order valence-electron chi connectivity index (χ2n) is 10.4. The lowest BCUT2D eigenvalue weighted by atomic mass is 10.2.